The second-order valence-electron chi connectivity index (χ2n) is 4.90. The van der Waals surface area contributed by atoms with Crippen LogP contribution in [0.15, 0.2) is 66.7 Å². The molecule has 3 amide bonds. The minimum Gasteiger partial charge on any atom is -0.351 e. The summed E-state index contributed by atoms with van der Waals surface area (Å²) in [5, 5.41) is 2.11. The van der Waals surface area contributed by atoms with E-state index in [1.54, 1.807) is 0 Å². The van der Waals surface area contributed by atoms with Gasteiger partial charge in [0.25, 0.3) is 0 Å². The van der Waals surface area contributed by atoms with Crippen molar-refractivity contribution in [2.75, 3.05) is 0 Å². The van der Waals surface area contributed by atoms with Crippen LogP contribution in [0.25, 0.3) is 6.08 Å². The van der Waals surface area contributed by atoms with E-state index in [9.17, 15) is 9.59 Å². The Hall–Kier alpha value is -2.88. The molecule has 0 bridgehead atoms. The molecule has 0 saturated heterocycles. The van der Waals surface area contributed by atoms with Gasteiger partial charge in [0.05, 0.1) is 0 Å². The predicted molar refractivity (Wildman–Crippen MR) is 87.0 cm³/mol. The summed E-state index contributed by atoms with van der Waals surface area (Å²) in [6.07, 6.45) is 4.09. The van der Waals surface area contributed by atoms with E-state index in [1.807, 2.05) is 72.8 Å². The maximum absolute atomic E-state index is 11.8. The lowest BCUT2D eigenvalue weighted by Gasteiger charge is -2.12. The Balaban J connectivity index is 2.17. The lowest BCUT2D eigenvalue weighted by atomic mass is 9.94. The van der Waals surface area contributed by atoms with Gasteiger partial charge in [0.1, 0.15) is 0 Å². The van der Waals surface area contributed by atoms with Crippen molar-refractivity contribution in [3.8, 4) is 0 Å². The molecule has 0 fully saturated rings. The Kier molecular flexibility index (Phi) is 5.49. The molecular formula is C18H18N2O2. The van der Waals surface area contributed by atoms with Crippen LogP contribution in [-0.2, 0) is 4.79 Å². The molecule has 22 heavy (non-hydrogen) atoms. The van der Waals surface area contributed by atoms with E-state index in [0.29, 0.717) is 0 Å². The van der Waals surface area contributed by atoms with E-state index in [1.165, 1.54) is 0 Å². The van der Waals surface area contributed by atoms with Crippen LogP contribution in [-0.4, -0.2) is 11.9 Å². The van der Waals surface area contributed by atoms with Gasteiger partial charge in [-0.25, -0.2) is 4.79 Å². The Bertz CT molecular complexity index is 651. The average Bonchev–Trinajstić information content (AvgIpc) is 2.52. The highest BCUT2D eigenvalue weighted by atomic mass is 16.2. The van der Waals surface area contributed by atoms with Crippen LogP contribution in [0.5, 0.6) is 0 Å². The van der Waals surface area contributed by atoms with Crippen molar-refractivity contribution in [2.24, 2.45) is 5.73 Å². The van der Waals surface area contributed by atoms with E-state index in [4.69, 9.17) is 5.73 Å². The maximum Gasteiger partial charge on any atom is 0.318 e. The van der Waals surface area contributed by atoms with E-state index in [2.05, 4.69) is 5.32 Å². The average molecular weight is 294 g/mol. The van der Waals surface area contributed by atoms with Gasteiger partial charge in [-0.15, -0.1) is 0 Å². The third kappa shape index (κ3) is 4.90. The Morgan fingerprint density at radius 3 is 2.18 bits per heavy atom. The van der Waals surface area contributed by atoms with Crippen LogP contribution >= 0.6 is 0 Å². The van der Waals surface area contributed by atoms with Gasteiger partial charge in [0.15, 0.2) is 0 Å². The second-order valence-corrected chi connectivity index (χ2v) is 4.90. The van der Waals surface area contributed by atoms with Gasteiger partial charge in [0, 0.05) is 12.3 Å². The Morgan fingerprint density at radius 2 is 1.59 bits per heavy atom. The van der Waals surface area contributed by atoms with Crippen molar-refractivity contribution < 1.29 is 9.59 Å². The summed E-state index contributed by atoms with van der Waals surface area (Å²) in [4.78, 5) is 22.6. The highest BCUT2D eigenvalue weighted by Gasteiger charge is 2.14. The molecule has 0 aliphatic carbocycles. The van der Waals surface area contributed by atoms with Crippen molar-refractivity contribution in [3.63, 3.8) is 0 Å². The number of rotatable bonds is 5. The molecule has 112 valence electrons. The van der Waals surface area contributed by atoms with Crippen molar-refractivity contribution >= 4 is 18.0 Å². The molecule has 4 heteroatoms. The van der Waals surface area contributed by atoms with E-state index in [-0.39, 0.29) is 18.2 Å². The second kappa shape index (κ2) is 7.78. The van der Waals surface area contributed by atoms with Crippen LogP contribution in [0.4, 0.5) is 4.79 Å². The molecular weight excluding hydrogens is 276 g/mol. The van der Waals surface area contributed by atoms with Gasteiger partial charge in [-0.3, -0.25) is 10.1 Å². The molecule has 0 aliphatic heterocycles. The van der Waals surface area contributed by atoms with Gasteiger partial charge in [0.2, 0.25) is 5.91 Å². The topological polar surface area (TPSA) is 72.2 Å². The number of nitrogens with two attached hydrogens (primary N) is 1. The standard InChI is InChI=1S/C18H18N2O2/c19-18(22)20-17(21)13-16(15-9-5-2-6-10-15)12-11-14-7-3-1-4-8-14/h1-12,16H,13H2,(H3,19,20,21,22)/b12-11+. The summed E-state index contributed by atoms with van der Waals surface area (Å²) in [5.41, 5.74) is 7.05. The van der Waals surface area contributed by atoms with Crippen molar-refractivity contribution in [2.45, 2.75) is 12.3 Å². The quantitative estimate of drug-likeness (QED) is 0.889. The first kappa shape index (κ1) is 15.5. The number of carbonyl (C=O) groups is 2. The maximum atomic E-state index is 11.8. The van der Waals surface area contributed by atoms with Crippen LogP contribution in [0, 0.1) is 0 Å². The van der Waals surface area contributed by atoms with Gasteiger partial charge in [-0.1, -0.05) is 72.8 Å². The highest BCUT2D eigenvalue weighted by Crippen LogP contribution is 2.22. The fourth-order valence-electron chi connectivity index (χ4n) is 2.18. The molecule has 0 spiro atoms. The molecule has 1 unspecified atom stereocenters. The van der Waals surface area contributed by atoms with Crippen LogP contribution in [0.2, 0.25) is 0 Å². The van der Waals surface area contributed by atoms with Crippen molar-refractivity contribution in [1.29, 1.82) is 0 Å². The predicted octanol–water partition coefficient (Wildman–Crippen LogP) is 3.07. The smallest absolute Gasteiger partial charge is 0.318 e. The van der Waals surface area contributed by atoms with E-state index >= 15 is 0 Å². The Morgan fingerprint density at radius 1 is 1.00 bits per heavy atom. The van der Waals surface area contributed by atoms with Gasteiger partial charge in [-0.2, -0.15) is 0 Å². The van der Waals surface area contributed by atoms with Crippen LogP contribution in [0.1, 0.15) is 23.5 Å². The molecule has 0 aliphatic rings. The summed E-state index contributed by atoms with van der Waals surface area (Å²) in [5.74, 6) is -0.514. The fraction of sp³-hybridized carbons (Fsp3) is 0.111. The van der Waals surface area contributed by atoms with Crippen LogP contribution in [0.3, 0.4) is 0 Å². The molecule has 2 rings (SSSR count). The van der Waals surface area contributed by atoms with Gasteiger partial charge in [-0.05, 0) is 11.1 Å². The number of allylic oxidation sites excluding steroid dienone is 1. The molecule has 2 aromatic carbocycles. The number of imide groups is 1. The summed E-state index contributed by atoms with van der Waals surface area (Å²) in [6, 6.07) is 18.7. The number of primary amides is 1. The number of hydrogen-bond donors (Lipinski definition) is 2. The summed E-state index contributed by atoms with van der Waals surface area (Å²) >= 11 is 0. The summed E-state index contributed by atoms with van der Waals surface area (Å²) in [6.45, 7) is 0. The van der Waals surface area contributed by atoms with Gasteiger partial charge >= 0.3 is 6.03 Å². The molecule has 0 heterocycles. The zero-order valence-corrected chi connectivity index (χ0v) is 12.1. The number of amides is 3. The third-order valence-electron chi connectivity index (χ3n) is 3.22. The SMILES string of the molecule is NC(=O)NC(=O)CC(/C=C/c1ccccc1)c1ccccc1. The lowest BCUT2D eigenvalue weighted by molar-refractivity contribution is -0.120. The first-order chi connectivity index (χ1) is 10.6. The molecule has 0 saturated carbocycles. The minimum absolute atomic E-state index is 0.124. The lowest BCUT2D eigenvalue weighted by Crippen LogP contribution is -2.35. The van der Waals surface area contributed by atoms with E-state index in [0.717, 1.165) is 11.1 Å². The van der Waals surface area contributed by atoms with Crippen molar-refractivity contribution in [1.82, 2.24) is 5.32 Å². The third-order valence-corrected chi connectivity index (χ3v) is 3.22. The number of benzene rings is 2. The van der Waals surface area contributed by atoms with Crippen molar-refractivity contribution in [3.05, 3.63) is 77.9 Å². The first-order valence-corrected chi connectivity index (χ1v) is 7.02. The zero-order chi connectivity index (χ0) is 15.8. The number of nitrogens with one attached hydrogen (secondary N) is 1. The number of hydrogen-bond acceptors (Lipinski definition) is 2. The van der Waals surface area contributed by atoms with Gasteiger partial charge < -0.3 is 5.73 Å². The first-order valence-electron chi connectivity index (χ1n) is 7.02. The molecule has 1 atom stereocenters. The summed E-state index contributed by atoms with van der Waals surface area (Å²) < 4.78 is 0. The van der Waals surface area contributed by atoms with Crippen LogP contribution < -0.4 is 11.1 Å². The molecule has 0 radical (unpaired) electrons. The van der Waals surface area contributed by atoms with E-state index < -0.39 is 6.03 Å². The molecule has 0 aromatic heterocycles. The monoisotopic (exact) mass is 294 g/mol. The highest BCUT2D eigenvalue weighted by molar-refractivity contribution is 5.93. The number of urea groups is 1. The minimum atomic E-state index is -0.830. The molecule has 3 N–H and O–H groups in total. The zero-order valence-electron chi connectivity index (χ0n) is 12.1. The largest absolute Gasteiger partial charge is 0.351 e. The molecule has 2 aromatic rings. The normalized spacial score (nSPS) is 12.0. The number of carbonyl (C=O) groups excluding carboxylic acids is 2. The molecule has 4 nitrogen and oxygen atoms in total. The summed E-state index contributed by atoms with van der Waals surface area (Å²) in [7, 11) is 0. The fourth-order valence-corrected chi connectivity index (χ4v) is 2.18. The Labute approximate surface area is 129 Å².